The molecule has 0 N–H and O–H groups in total. The number of rotatable bonds is 49. The van der Waals surface area contributed by atoms with E-state index >= 15 is 0 Å². The fourth-order valence-corrected chi connectivity index (χ4v) is 8.31. The lowest BCUT2D eigenvalue weighted by Gasteiger charge is -2.24. The lowest BCUT2D eigenvalue weighted by atomic mass is 10.1. The lowest BCUT2D eigenvalue weighted by Crippen LogP contribution is -2.42. The normalized spacial score (nSPS) is 17.6. The summed E-state index contributed by atoms with van der Waals surface area (Å²) in [4.78, 5) is 41.9. The molecule has 1 fully saturated rings. The van der Waals surface area contributed by atoms with Crippen molar-refractivity contribution in [2.45, 2.75) is 251 Å². The van der Waals surface area contributed by atoms with Crippen LogP contribution in [0, 0.1) is 0 Å². The zero-order valence-corrected chi connectivity index (χ0v) is 47.7. The Kier molecular flexibility index (Phi) is 48.1. The summed E-state index contributed by atoms with van der Waals surface area (Å²) in [5.41, 5.74) is 0. The van der Waals surface area contributed by atoms with Crippen molar-refractivity contribution in [3.63, 3.8) is 0 Å². The van der Waals surface area contributed by atoms with Crippen LogP contribution in [0.3, 0.4) is 0 Å². The van der Waals surface area contributed by atoms with Crippen LogP contribution in [-0.2, 0) is 38.1 Å². The van der Waals surface area contributed by atoms with E-state index in [-0.39, 0.29) is 43.8 Å². The first-order chi connectivity index (χ1) is 36.3. The third-order valence-corrected chi connectivity index (χ3v) is 12.6. The maximum Gasteiger partial charge on any atom is 0.306 e. The summed E-state index contributed by atoms with van der Waals surface area (Å²) in [6.45, 7) is 7.50. The Hall–Kier alpha value is -4.05. The number of allylic oxidation sites excluding steroid dienone is 18. The van der Waals surface area contributed by atoms with Crippen molar-refractivity contribution in [2.75, 3.05) is 33.9 Å². The molecule has 9 heteroatoms. The third kappa shape index (κ3) is 43.2. The van der Waals surface area contributed by atoms with E-state index in [9.17, 15) is 14.4 Å². The van der Waals surface area contributed by atoms with E-state index in [0.29, 0.717) is 25.9 Å². The van der Waals surface area contributed by atoms with Crippen LogP contribution in [0.25, 0.3) is 0 Å². The van der Waals surface area contributed by atoms with Crippen molar-refractivity contribution in [3.8, 4) is 0 Å². The standard InChI is InChI=1S/C65H107NO8/c1-6-9-12-15-18-21-24-27-30-33-36-39-42-45-48-51-57-70-65-64(74-62(69)54-50-47-44-41-38-35-32-29-26-23-20-17-14-11-8-3)63(59(72-65)58-71-60(67)55-52-56-66(4)5)73-61(68)53-49-46-43-40-37-34-31-28-25-22-19-16-13-10-7-2/h9-14,18-23,27-32,59,63-65H,6-8,15-17,24-26,33-58H2,1-5H3/b12-9-,13-10-,14-11-,21-18-,22-19-,23-20-,30-27-,31-28-,32-29-/t59-,63?,64+,65-/m1/s1. The summed E-state index contributed by atoms with van der Waals surface area (Å²) < 4.78 is 30.7. The number of esters is 3. The second-order valence-electron chi connectivity index (χ2n) is 19.8. The highest BCUT2D eigenvalue weighted by Gasteiger charge is 2.50. The zero-order valence-electron chi connectivity index (χ0n) is 47.7. The Morgan fingerprint density at radius 3 is 1.18 bits per heavy atom. The van der Waals surface area contributed by atoms with Crippen LogP contribution in [0.1, 0.15) is 226 Å². The zero-order chi connectivity index (χ0) is 53.6. The van der Waals surface area contributed by atoms with Crippen LogP contribution in [0.15, 0.2) is 109 Å². The van der Waals surface area contributed by atoms with Gasteiger partial charge in [0.1, 0.15) is 12.7 Å². The van der Waals surface area contributed by atoms with Crippen LogP contribution >= 0.6 is 0 Å². The quantitative estimate of drug-likeness (QED) is 0.0255. The summed E-state index contributed by atoms with van der Waals surface area (Å²) in [6, 6.07) is 0. The van der Waals surface area contributed by atoms with Crippen LogP contribution in [0.5, 0.6) is 0 Å². The maximum atomic E-state index is 13.5. The molecule has 1 aliphatic rings. The number of ether oxygens (including phenoxy) is 5. The highest BCUT2D eigenvalue weighted by Crippen LogP contribution is 2.30. The number of hydrogen-bond acceptors (Lipinski definition) is 9. The minimum Gasteiger partial charge on any atom is -0.463 e. The number of unbranched alkanes of at least 4 members (excludes halogenated alkanes) is 16. The summed E-state index contributed by atoms with van der Waals surface area (Å²) in [5.74, 6) is -1.09. The van der Waals surface area contributed by atoms with Gasteiger partial charge in [0.2, 0.25) is 0 Å². The van der Waals surface area contributed by atoms with Gasteiger partial charge in [-0.15, -0.1) is 0 Å². The van der Waals surface area contributed by atoms with E-state index in [0.717, 1.165) is 161 Å². The molecule has 0 aromatic heterocycles. The smallest absolute Gasteiger partial charge is 0.306 e. The molecule has 0 saturated carbocycles. The minimum atomic E-state index is -0.971. The Bertz CT molecular complexity index is 1620. The van der Waals surface area contributed by atoms with Gasteiger partial charge in [0.15, 0.2) is 18.5 Å². The highest BCUT2D eigenvalue weighted by atomic mass is 16.7. The number of carbonyl (C=O) groups is 3. The molecule has 0 bridgehead atoms. The molecule has 0 aromatic carbocycles. The highest BCUT2D eigenvalue weighted by molar-refractivity contribution is 5.71. The molecule has 1 saturated heterocycles. The average molecular weight is 1030 g/mol. The Morgan fingerprint density at radius 1 is 0.405 bits per heavy atom. The van der Waals surface area contributed by atoms with Crippen molar-refractivity contribution < 1.29 is 38.1 Å². The molecule has 0 amide bonds. The second-order valence-corrected chi connectivity index (χ2v) is 19.8. The topological polar surface area (TPSA) is 101 Å². The predicted octanol–water partition coefficient (Wildman–Crippen LogP) is 17.2. The summed E-state index contributed by atoms with van der Waals surface area (Å²) in [5, 5.41) is 0. The van der Waals surface area contributed by atoms with E-state index in [1.807, 2.05) is 19.0 Å². The SMILES string of the molecule is CC/C=C\C/C=C\C/C=C\CCCCCCCCO[C@@H]1O[C@H](COC(=O)CCCN(C)C)C(OC(=O)CCCCCCC/C=C\C/C=C\C/C=C\CC)[C@@H]1OC(=O)CCCCCCC/C=C\C/C=C\C/C=C\CC. The first kappa shape index (κ1) is 68.0. The Balaban J connectivity index is 2.82. The maximum absolute atomic E-state index is 13.5. The van der Waals surface area contributed by atoms with Crippen molar-refractivity contribution in [1.29, 1.82) is 0 Å². The monoisotopic (exact) mass is 1030 g/mol. The van der Waals surface area contributed by atoms with Gasteiger partial charge in [-0.1, -0.05) is 194 Å². The summed E-state index contributed by atoms with van der Waals surface area (Å²) >= 11 is 0. The molecule has 9 nitrogen and oxygen atoms in total. The number of hydrogen-bond donors (Lipinski definition) is 0. The first-order valence-corrected chi connectivity index (χ1v) is 29.6. The molecular formula is C65H107NO8. The second kappa shape index (κ2) is 52.4. The van der Waals surface area contributed by atoms with Gasteiger partial charge in [-0.3, -0.25) is 14.4 Å². The van der Waals surface area contributed by atoms with Crippen LogP contribution in [-0.4, -0.2) is 81.3 Å². The molecule has 0 spiro atoms. The van der Waals surface area contributed by atoms with Gasteiger partial charge in [0.05, 0.1) is 0 Å². The van der Waals surface area contributed by atoms with E-state index in [4.69, 9.17) is 23.7 Å². The molecule has 1 aliphatic heterocycles. The molecule has 1 heterocycles. The van der Waals surface area contributed by atoms with Crippen molar-refractivity contribution >= 4 is 17.9 Å². The molecule has 74 heavy (non-hydrogen) atoms. The van der Waals surface area contributed by atoms with Crippen LogP contribution in [0.2, 0.25) is 0 Å². The molecule has 1 unspecified atom stereocenters. The van der Waals surface area contributed by atoms with Gasteiger partial charge in [0.25, 0.3) is 0 Å². The van der Waals surface area contributed by atoms with Gasteiger partial charge in [-0.2, -0.15) is 0 Å². The third-order valence-electron chi connectivity index (χ3n) is 12.6. The van der Waals surface area contributed by atoms with Crippen LogP contribution < -0.4 is 0 Å². The van der Waals surface area contributed by atoms with E-state index in [1.165, 1.54) is 12.8 Å². The van der Waals surface area contributed by atoms with Gasteiger partial charge < -0.3 is 28.6 Å². The summed E-state index contributed by atoms with van der Waals surface area (Å²) in [7, 11) is 3.94. The lowest BCUT2D eigenvalue weighted by molar-refractivity contribution is -0.192. The molecular weight excluding hydrogens is 923 g/mol. The van der Waals surface area contributed by atoms with Gasteiger partial charge in [-0.05, 0) is 143 Å². The summed E-state index contributed by atoms with van der Waals surface area (Å²) in [6.07, 6.45) is 66.4. The number of nitrogens with zero attached hydrogens (tertiary/aromatic N) is 1. The molecule has 0 radical (unpaired) electrons. The minimum absolute atomic E-state index is 0.126. The fraction of sp³-hybridized carbons (Fsp3) is 0.677. The van der Waals surface area contributed by atoms with Gasteiger partial charge >= 0.3 is 17.9 Å². The predicted molar refractivity (Wildman–Crippen MR) is 311 cm³/mol. The van der Waals surface area contributed by atoms with Crippen LogP contribution in [0.4, 0.5) is 0 Å². The number of carbonyl (C=O) groups excluding carboxylic acids is 3. The molecule has 0 aliphatic carbocycles. The van der Waals surface area contributed by atoms with Gasteiger partial charge in [-0.25, -0.2) is 0 Å². The van der Waals surface area contributed by atoms with Crippen molar-refractivity contribution in [3.05, 3.63) is 109 Å². The molecule has 4 atom stereocenters. The first-order valence-electron chi connectivity index (χ1n) is 29.6. The van der Waals surface area contributed by atoms with Crippen molar-refractivity contribution in [1.82, 2.24) is 4.90 Å². The van der Waals surface area contributed by atoms with Gasteiger partial charge in [0, 0.05) is 25.9 Å². The largest absolute Gasteiger partial charge is 0.463 e. The molecule has 1 rings (SSSR count). The molecule has 0 aromatic rings. The van der Waals surface area contributed by atoms with Crippen molar-refractivity contribution in [2.24, 2.45) is 0 Å². The Morgan fingerprint density at radius 2 is 0.757 bits per heavy atom. The molecule has 420 valence electrons. The van der Waals surface area contributed by atoms with E-state index < -0.39 is 24.6 Å². The average Bonchev–Trinajstić information content (AvgIpc) is 3.70. The van der Waals surface area contributed by atoms with E-state index in [1.54, 1.807) is 0 Å². The Labute approximate surface area is 453 Å². The van der Waals surface area contributed by atoms with E-state index in [2.05, 4.69) is 130 Å². The fourth-order valence-electron chi connectivity index (χ4n) is 8.31.